The number of aromatic nitrogens is 4. The summed E-state index contributed by atoms with van der Waals surface area (Å²) >= 11 is 0. The van der Waals surface area contributed by atoms with Crippen LogP contribution in [0.15, 0.2) is 48.5 Å². The van der Waals surface area contributed by atoms with E-state index in [1.807, 2.05) is 42.5 Å². The molecule has 2 N–H and O–H groups in total. The Morgan fingerprint density at radius 2 is 0.840 bits per heavy atom. The SMILES string of the molecule is C1=Cc2cc3ccc(cc4ccc(cc5nc(cc1n2)C=C5)[nH]4)[nH]3.[Pb]. The summed E-state index contributed by atoms with van der Waals surface area (Å²) in [7, 11) is 0. The van der Waals surface area contributed by atoms with Crippen molar-refractivity contribution < 1.29 is 0 Å². The van der Waals surface area contributed by atoms with Gasteiger partial charge in [-0.3, -0.25) is 0 Å². The average molecular weight is 518 g/mol. The zero-order chi connectivity index (χ0) is 15.9. The van der Waals surface area contributed by atoms with Crippen molar-refractivity contribution in [2.45, 2.75) is 0 Å². The first-order valence-corrected chi connectivity index (χ1v) is 7.85. The van der Waals surface area contributed by atoms with Crippen LogP contribution in [0, 0.1) is 0 Å². The first-order chi connectivity index (χ1) is 11.8. The van der Waals surface area contributed by atoms with Crippen LogP contribution in [0.1, 0.15) is 22.8 Å². The molecule has 0 saturated heterocycles. The molecule has 3 aromatic rings. The smallest absolute Gasteiger partial charge is 0.0659 e. The van der Waals surface area contributed by atoms with Gasteiger partial charge in [0, 0.05) is 49.4 Å². The predicted molar refractivity (Wildman–Crippen MR) is 105 cm³/mol. The van der Waals surface area contributed by atoms with Crippen molar-refractivity contribution in [3.63, 3.8) is 0 Å². The molecule has 3 aromatic heterocycles. The molecule has 0 fully saturated rings. The largest absolute Gasteiger partial charge is 0.355 e. The van der Waals surface area contributed by atoms with Crippen molar-refractivity contribution in [3.05, 3.63) is 71.3 Å². The first kappa shape index (κ1) is 16.0. The number of nitrogens with zero attached hydrogens (tertiary/aromatic N) is 2. The molecule has 25 heavy (non-hydrogen) atoms. The molecule has 5 heteroatoms. The summed E-state index contributed by atoms with van der Waals surface area (Å²) < 4.78 is 0. The summed E-state index contributed by atoms with van der Waals surface area (Å²) in [6.45, 7) is 0. The number of fused-ring (bicyclic) bond motifs is 8. The van der Waals surface area contributed by atoms with Gasteiger partial charge in [-0.2, -0.15) is 0 Å². The van der Waals surface area contributed by atoms with Gasteiger partial charge in [0.25, 0.3) is 0 Å². The average Bonchev–Trinajstić information content (AvgIpc) is 3.32. The second kappa shape index (κ2) is 6.44. The third-order valence-electron chi connectivity index (χ3n) is 4.04. The summed E-state index contributed by atoms with van der Waals surface area (Å²) in [5.74, 6) is 0. The number of rotatable bonds is 0. The van der Waals surface area contributed by atoms with Gasteiger partial charge in [0.2, 0.25) is 0 Å². The Kier molecular flexibility index (Phi) is 4.12. The summed E-state index contributed by atoms with van der Waals surface area (Å²) in [5.41, 5.74) is 7.86. The monoisotopic (exact) mass is 518 g/mol. The zero-order valence-corrected chi connectivity index (χ0v) is 17.2. The van der Waals surface area contributed by atoms with E-state index < -0.39 is 0 Å². The fourth-order valence-electron chi connectivity index (χ4n) is 2.94. The minimum Gasteiger partial charge on any atom is -0.355 e. The molecule has 0 amide bonds. The molecule has 2 aliphatic rings. The molecule has 0 spiro atoms. The molecular formula is C20H14N4Pb. The number of aromatic amines is 2. The molecule has 5 heterocycles. The van der Waals surface area contributed by atoms with Crippen LogP contribution in [-0.4, -0.2) is 47.2 Å². The molecule has 4 nitrogen and oxygen atoms in total. The van der Waals surface area contributed by atoms with E-state index in [9.17, 15) is 0 Å². The van der Waals surface area contributed by atoms with E-state index in [1.54, 1.807) is 0 Å². The molecule has 8 bridgehead atoms. The summed E-state index contributed by atoms with van der Waals surface area (Å²) in [6, 6.07) is 16.4. The van der Waals surface area contributed by atoms with E-state index in [0.29, 0.717) is 0 Å². The number of hydrogen-bond acceptors (Lipinski definition) is 2. The van der Waals surface area contributed by atoms with Gasteiger partial charge < -0.3 is 9.97 Å². The van der Waals surface area contributed by atoms with Crippen LogP contribution in [-0.2, 0) is 0 Å². The maximum Gasteiger partial charge on any atom is 0.0659 e. The van der Waals surface area contributed by atoms with Gasteiger partial charge in [0.1, 0.15) is 0 Å². The zero-order valence-electron chi connectivity index (χ0n) is 13.3. The number of hydrogen-bond donors (Lipinski definition) is 2. The topological polar surface area (TPSA) is 57.4 Å². The van der Waals surface area contributed by atoms with Crippen molar-refractivity contribution in [3.8, 4) is 0 Å². The van der Waals surface area contributed by atoms with Gasteiger partial charge in [0.05, 0.1) is 22.8 Å². The number of H-pyrrole nitrogens is 2. The Bertz CT molecular complexity index is 1080. The minimum atomic E-state index is 0. The van der Waals surface area contributed by atoms with E-state index in [0.717, 1.165) is 44.8 Å². The van der Waals surface area contributed by atoms with Crippen LogP contribution in [0.5, 0.6) is 0 Å². The van der Waals surface area contributed by atoms with Crippen LogP contribution in [0.25, 0.3) is 46.4 Å². The summed E-state index contributed by atoms with van der Waals surface area (Å²) in [6.07, 6.45) is 8.05. The summed E-state index contributed by atoms with van der Waals surface area (Å²) in [5, 5.41) is 0. The molecule has 5 rings (SSSR count). The Balaban J connectivity index is 0.00000157. The fourth-order valence-corrected chi connectivity index (χ4v) is 2.94. The van der Waals surface area contributed by atoms with Crippen LogP contribution < -0.4 is 0 Å². The first-order valence-electron chi connectivity index (χ1n) is 7.85. The van der Waals surface area contributed by atoms with Gasteiger partial charge >= 0.3 is 0 Å². The van der Waals surface area contributed by atoms with Crippen molar-refractivity contribution in [2.24, 2.45) is 0 Å². The Labute approximate surface area is 164 Å². The van der Waals surface area contributed by atoms with E-state index in [1.165, 1.54) is 0 Å². The Morgan fingerprint density at radius 1 is 0.480 bits per heavy atom. The van der Waals surface area contributed by atoms with Gasteiger partial charge in [0.15, 0.2) is 0 Å². The minimum absolute atomic E-state index is 0. The second-order valence-electron chi connectivity index (χ2n) is 5.91. The molecule has 0 atom stereocenters. The van der Waals surface area contributed by atoms with Gasteiger partial charge in [-0.05, 0) is 72.8 Å². The molecule has 2 aliphatic heterocycles. The van der Waals surface area contributed by atoms with Crippen LogP contribution in [0.4, 0.5) is 0 Å². The van der Waals surface area contributed by atoms with Gasteiger partial charge in [-0.1, -0.05) is 0 Å². The molecule has 0 aliphatic carbocycles. The third-order valence-corrected chi connectivity index (χ3v) is 4.04. The molecule has 4 radical (unpaired) electrons. The van der Waals surface area contributed by atoms with Crippen LogP contribution in [0.3, 0.4) is 0 Å². The van der Waals surface area contributed by atoms with E-state index in [4.69, 9.17) is 0 Å². The van der Waals surface area contributed by atoms with E-state index in [2.05, 4.69) is 50.3 Å². The van der Waals surface area contributed by atoms with Gasteiger partial charge in [-0.15, -0.1) is 0 Å². The third kappa shape index (κ3) is 3.34. The fraction of sp³-hybridized carbons (Fsp3) is 0. The normalized spacial score (nSPS) is 12.2. The van der Waals surface area contributed by atoms with Crippen LogP contribution >= 0.6 is 0 Å². The van der Waals surface area contributed by atoms with Crippen molar-refractivity contribution >= 4 is 73.7 Å². The standard InChI is InChI=1S/C20H14N4.Pb/c1-2-14-10-16-5-6-18(23-16)12-20-8-7-19(24-20)11-17-4-3-15(22-17)9-13(1)21-14;/h1-12,21-22H;. The molecular weight excluding hydrogens is 503 g/mol. The van der Waals surface area contributed by atoms with Crippen molar-refractivity contribution in [2.75, 3.05) is 0 Å². The summed E-state index contributed by atoms with van der Waals surface area (Å²) in [4.78, 5) is 16.0. The Morgan fingerprint density at radius 3 is 1.28 bits per heavy atom. The maximum absolute atomic E-state index is 4.62. The molecule has 118 valence electrons. The quantitative estimate of drug-likeness (QED) is 0.302. The predicted octanol–water partition coefficient (Wildman–Crippen LogP) is 4.27. The van der Waals surface area contributed by atoms with Crippen LogP contribution in [0.2, 0.25) is 0 Å². The Hall–Kier alpha value is -2.48. The second-order valence-corrected chi connectivity index (χ2v) is 5.91. The van der Waals surface area contributed by atoms with Crippen molar-refractivity contribution in [1.29, 1.82) is 0 Å². The molecule has 0 aromatic carbocycles. The van der Waals surface area contributed by atoms with Gasteiger partial charge in [-0.25, -0.2) is 9.97 Å². The van der Waals surface area contributed by atoms with E-state index in [-0.39, 0.29) is 27.3 Å². The molecule has 0 saturated carbocycles. The number of nitrogens with one attached hydrogen (secondary N) is 2. The molecule has 0 unspecified atom stereocenters. The van der Waals surface area contributed by atoms with E-state index >= 15 is 0 Å². The van der Waals surface area contributed by atoms with Crippen molar-refractivity contribution in [1.82, 2.24) is 19.9 Å². The maximum atomic E-state index is 4.62.